The van der Waals surface area contributed by atoms with Gasteiger partial charge in [-0.2, -0.15) is 0 Å². The summed E-state index contributed by atoms with van der Waals surface area (Å²) in [4.78, 5) is 18.7. The number of benzene rings is 1. The minimum Gasteiger partial charge on any atom is -0.389 e. The van der Waals surface area contributed by atoms with Gasteiger partial charge in [0.05, 0.1) is 0 Å². The summed E-state index contributed by atoms with van der Waals surface area (Å²) in [6.07, 6.45) is 2.05. The molecule has 5 heteroatoms. The minimum absolute atomic E-state index is 0.112. The van der Waals surface area contributed by atoms with Gasteiger partial charge in [-0.3, -0.25) is 0 Å². The Bertz CT molecular complexity index is 500. The Balaban J connectivity index is 2.44. The van der Waals surface area contributed by atoms with Crippen LogP contribution in [0.1, 0.15) is 0 Å². The molecule has 1 aromatic heterocycles. The van der Waals surface area contributed by atoms with Crippen molar-refractivity contribution in [2.75, 3.05) is 0 Å². The van der Waals surface area contributed by atoms with Crippen molar-refractivity contribution in [1.82, 2.24) is 9.97 Å². The number of primary amides is 1. The Labute approximate surface area is 91.9 Å². The van der Waals surface area contributed by atoms with Crippen molar-refractivity contribution in [3.8, 4) is 17.1 Å². The molecular weight excluding hydrogens is 206 g/mol. The molecule has 0 spiro atoms. The van der Waals surface area contributed by atoms with Gasteiger partial charge in [-0.25, -0.2) is 14.8 Å². The SMILES string of the molecule is NC(=O)Oc1nccnc1-c1ccccc1. The van der Waals surface area contributed by atoms with E-state index in [1.807, 2.05) is 30.3 Å². The van der Waals surface area contributed by atoms with E-state index in [0.717, 1.165) is 5.56 Å². The quantitative estimate of drug-likeness (QED) is 0.825. The molecule has 0 aliphatic carbocycles. The monoisotopic (exact) mass is 215 g/mol. The first-order valence-electron chi connectivity index (χ1n) is 4.61. The lowest BCUT2D eigenvalue weighted by Gasteiger charge is -2.05. The number of nitrogens with zero attached hydrogens (tertiary/aromatic N) is 2. The average Bonchev–Trinajstić information content (AvgIpc) is 2.30. The molecule has 2 N–H and O–H groups in total. The van der Waals surface area contributed by atoms with Crippen molar-refractivity contribution in [2.45, 2.75) is 0 Å². The fourth-order valence-corrected chi connectivity index (χ4v) is 1.29. The van der Waals surface area contributed by atoms with Gasteiger partial charge in [-0.15, -0.1) is 0 Å². The van der Waals surface area contributed by atoms with Crippen LogP contribution in [-0.2, 0) is 0 Å². The molecule has 1 heterocycles. The van der Waals surface area contributed by atoms with Gasteiger partial charge in [-0.1, -0.05) is 30.3 Å². The van der Waals surface area contributed by atoms with Crippen molar-refractivity contribution in [2.24, 2.45) is 5.73 Å². The molecule has 0 bridgehead atoms. The molecule has 1 aromatic carbocycles. The third-order valence-corrected chi connectivity index (χ3v) is 1.91. The van der Waals surface area contributed by atoms with Crippen LogP contribution in [0.4, 0.5) is 4.79 Å². The lowest BCUT2D eigenvalue weighted by atomic mass is 10.1. The zero-order chi connectivity index (χ0) is 11.4. The van der Waals surface area contributed by atoms with Crippen molar-refractivity contribution in [3.05, 3.63) is 42.7 Å². The predicted octanol–water partition coefficient (Wildman–Crippen LogP) is 1.60. The number of carbonyl (C=O) groups excluding carboxylic acids is 1. The number of aromatic nitrogens is 2. The number of nitrogens with two attached hydrogens (primary N) is 1. The van der Waals surface area contributed by atoms with Crippen LogP contribution in [0, 0.1) is 0 Å². The van der Waals surface area contributed by atoms with E-state index in [1.165, 1.54) is 12.4 Å². The highest BCUT2D eigenvalue weighted by Crippen LogP contribution is 2.24. The Hall–Kier alpha value is -2.43. The average molecular weight is 215 g/mol. The highest BCUT2D eigenvalue weighted by atomic mass is 16.6. The Morgan fingerprint density at radius 1 is 1.12 bits per heavy atom. The zero-order valence-corrected chi connectivity index (χ0v) is 8.33. The van der Waals surface area contributed by atoms with Crippen molar-refractivity contribution in [1.29, 1.82) is 0 Å². The molecule has 2 rings (SSSR count). The lowest BCUT2D eigenvalue weighted by molar-refractivity contribution is 0.209. The second-order valence-electron chi connectivity index (χ2n) is 3.00. The molecule has 1 amide bonds. The zero-order valence-electron chi connectivity index (χ0n) is 8.33. The third-order valence-electron chi connectivity index (χ3n) is 1.91. The molecule has 2 aromatic rings. The molecule has 0 radical (unpaired) electrons. The van der Waals surface area contributed by atoms with Crippen LogP contribution in [0.2, 0.25) is 0 Å². The van der Waals surface area contributed by atoms with E-state index in [9.17, 15) is 4.79 Å². The Kier molecular flexibility index (Phi) is 2.77. The molecule has 0 atom stereocenters. The van der Waals surface area contributed by atoms with Gasteiger partial charge >= 0.3 is 6.09 Å². The topological polar surface area (TPSA) is 78.1 Å². The van der Waals surface area contributed by atoms with Gasteiger partial charge in [-0.05, 0) is 0 Å². The normalized spacial score (nSPS) is 9.75. The maximum Gasteiger partial charge on any atom is 0.411 e. The van der Waals surface area contributed by atoms with Gasteiger partial charge in [0.25, 0.3) is 5.88 Å². The molecule has 0 aliphatic heterocycles. The molecule has 80 valence electrons. The van der Waals surface area contributed by atoms with E-state index < -0.39 is 6.09 Å². The standard InChI is InChI=1S/C11H9N3O2/c12-11(15)16-10-9(13-6-7-14-10)8-4-2-1-3-5-8/h1-7H,(H2,12,15). The van der Waals surface area contributed by atoms with Crippen molar-refractivity contribution >= 4 is 6.09 Å². The maximum absolute atomic E-state index is 10.7. The largest absolute Gasteiger partial charge is 0.411 e. The summed E-state index contributed by atoms with van der Waals surface area (Å²) in [6.45, 7) is 0. The number of rotatable bonds is 2. The lowest BCUT2D eigenvalue weighted by Crippen LogP contribution is -2.17. The number of carbonyl (C=O) groups is 1. The molecule has 5 nitrogen and oxygen atoms in total. The first-order chi connectivity index (χ1) is 7.77. The molecule has 0 saturated carbocycles. The van der Waals surface area contributed by atoms with Crippen LogP contribution in [0.25, 0.3) is 11.3 Å². The first-order valence-corrected chi connectivity index (χ1v) is 4.61. The number of hydrogen-bond donors (Lipinski definition) is 1. The van der Waals surface area contributed by atoms with Crippen LogP contribution in [-0.4, -0.2) is 16.1 Å². The van der Waals surface area contributed by atoms with Crippen molar-refractivity contribution < 1.29 is 9.53 Å². The summed E-state index contributed by atoms with van der Waals surface area (Å²) in [5.74, 6) is 0.112. The minimum atomic E-state index is -0.905. The molecule has 0 fully saturated rings. The second kappa shape index (κ2) is 4.39. The smallest absolute Gasteiger partial charge is 0.389 e. The highest BCUT2D eigenvalue weighted by molar-refractivity contribution is 5.72. The third kappa shape index (κ3) is 2.14. The summed E-state index contributed by atoms with van der Waals surface area (Å²) in [5.41, 5.74) is 6.24. The van der Waals surface area contributed by atoms with Gasteiger partial charge < -0.3 is 10.5 Å². The number of hydrogen-bond acceptors (Lipinski definition) is 4. The van der Waals surface area contributed by atoms with E-state index in [2.05, 4.69) is 9.97 Å². The highest BCUT2D eigenvalue weighted by Gasteiger charge is 2.10. The fraction of sp³-hybridized carbons (Fsp3) is 0. The van der Waals surface area contributed by atoms with Crippen LogP contribution in [0.3, 0.4) is 0 Å². The fourth-order valence-electron chi connectivity index (χ4n) is 1.29. The number of ether oxygens (including phenoxy) is 1. The van der Waals surface area contributed by atoms with E-state index in [1.54, 1.807) is 0 Å². The maximum atomic E-state index is 10.7. The van der Waals surface area contributed by atoms with Gasteiger partial charge in [0.2, 0.25) is 0 Å². The van der Waals surface area contributed by atoms with Gasteiger partial charge in [0, 0.05) is 18.0 Å². The Morgan fingerprint density at radius 2 is 1.81 bits per heavy atom. The van der Waals surface area contributed by atoms with Crippen LogP contribution in [0.15, 0.2) is 42.7 Å². The summed E-state index contributed by atoms with van der Waals surface area (Å²) in [5, 5.41) is 0. The van der Waals surface area contributed by atoms with Crippen LogP contribution < -0.4 is 10.5 Å². The predicted molar refractivity (Wildman–Crippen MR) is 57.7 cm³/mol. The van der Waals surface area contributed by atoms with Crippen molar-refractivity contribution in [3.63, 3.8) is 0 Å². The van der Waals surface area contributed by atoms with E-state index in [-0.39, 0.29) is 5.88 Å². The van der Waals surface area contributed by atoms with Crippen LogP contribution >= 0.6 is 0 Å². The van der Waals surface area contributed by atoms with E-state index >= 15 is 0 Å². The van der Waals surface area contributed by atoms with Gasteiger partial charge in [0.1, 0.15) is 5.69 Å². The first kappa shape index (κ1) is 10.1. The summed E-state index contributed by atoms with van der Waals surface area (Å²) in [6, 6.07) is 9.29. The summed E-state index contributed by atoms with van der Waals surface area (Å²) < 4.78 is 4.77. The molecule has 0 saturated heterocycles. The summed E-state index contributed by atoms with van der Waals surface area (Å²) >= 11 is 0. The van der Waals surface area contributed by atoms with E-state index in [0.29, 0.717) is 5.69 Å². The molecular formula is C11H9N3O2. The number of amides is 1. The molecule has 16 heavy (non-hydrogen) atoms. The van der Waals surface area contributed by atoms with Crippen LogP contribution in [0.5, 0.6) is 5.88 Å². The summed E-state index contributed by atoms with van der Waals surface area (Å²) in [7, 11) is 0. The second-order valence-corrected chi connectivity index (χ2v) is 3.00. The van der Waals surface area contributed by atoms with E-state index in [4.69, 9.17) is 10.5 Å². The molecule has 0 unspecified atom stereocenters. The molecule has 0 aliphatic rings. The van der Waals surface area contributed by atoms with Gasteiger partial charge in [0.15, 0.2) is 0 Å². The Morgan fingerprint density at radius 3 is 2.50 bits per heavy atom.